The van der Waals surface area contributed by atoms with Crippen molar-refractivity contribution < 1.29 is 29.6 Å². The number of aromatic nitrogens is 4. The van der Waals surface area contributed by atoms with E-state index >= 15 is 0 Å². The molecule has 0 aliphatic carbocycles. The average molecular weight is 516 g/mol. The van der Waals surface area contributed by atoms with E-state index in [0.717, 1.165) is 5.56 Å². The fraction of sp³-hybridized carbons (Fsp3) is 0.421. The number of nitrogens with one attached hydrogen (secondary N) is 1. The van der Waals surface area contributed by atoms with Crippen molar-refractivity contribution in [2.45, 2.75) is 37.5 Å². The van der Waals surface area contributed by atoms with Gasteiger partial charge in [-0.2, -0.15) is 9.97 Å². The predicted molar refractivity (Wildman–Crippen MR) is 125 cm³/mol. The van der Waals surface area contributed by atoms with E-state index in [2.05, 4.69) is 20.3 Å². The minimum Gasteiger partial charge on any atom is -0.388 e. The molecule has 1 fully saturated rings. The third-order valence-electron chi connectivity index (χ3n) is 5.27. The lowest BCUT2D eigenvalue weighted by Gasteiger charge is -2.17. The molecule has 4 rings (SSSR count). The number of anilines is 1. The molecule has 1 aromatic carbocycles. The molecular weight excluding hydrogens is 492 g/mol. The first kappa shape index (κ1) is 24.6. The number of hydrogen-bond donors (Lipinski definition) is 6. The summed E-state index contributed by atoms with van der Waals surface area (Å²) in [4.78, 5) is 40.8. The van der Waals surface area contributed by atoms with Gasteiger partial charge < -0.3 is 34.9 Å². The molecule has 0 spiro atoms. The number of imidazole rings is 1. The van der Waals surface area contributed by atoms with E-state index in [9.17, 15) is 15.1 Å². The van der Waals surface area contributed by atoms with Gasteiger partial charge in [-0.25, -0.2) is 4.98 Å². The van der Waals surface area contributed by atoms with Gasteiger partial charge in [0, 0.05) is 14.7 Å². The second-order valence-corrected chi connectivity index (χ2v) is 11.3. The molecule has 11 nitrogen and oxygen atoms in total. The zero-order chi connectivity index (χ0) is 23.5. The SMILES string of the molecule is OC1C(CCP(O)CP(O)O)OC(n2cnc3c(NCc4ccccc4)nc(Cl)nc32)C1O. The Balaban J connectivity index is 1.51. The van der Waals surface area contributed by atoms with E-state index in [1.54, 1.807) is 0 Å². The van der Waals surface area contributed by atoms with Crippen LogP contribution in [-0.4, -0.2) is 74.8 Å². The zero-order valence-electron chi connectivity index (χ0n) is 17.3. The van der Waals surface area contributed by atoms with Crippen molar-refractivity contribution >= 4 is 45.1 Å². The van der Waals surface area contributed by atoms with Crippen LogP contribution in [0.15, 0.2) is 36.7 Å². The summed E-state index contributed by atoms with van der Waals surface area (Å²) in [6.45, 7) is 0.494. The van der Waals surface area contributed by atoms with Crippen LogP contribution in [0.2, 0.25) is 5.28 Å². The van der Waals surface area contributed by atoms with Crippen LogP contribution in [0.4, 0.5) is 5.82 Å². The topological polar surface area (TPSA) is 166 Å². The van der Waals surface area contributed by atoms with Crippen LogP contribution in [0.1, 0.15) is 18.2 Å². The lowest BCUT2D eigenvalue weighted by Crippen LogP contribution is -2.31. The second kappa shape index (κ2) is 10.8. The third kappa shape index (κ3) is 5.77. The van der Waals surface area contributed by atoms with Crippen LogP contribution < -0.4 is 5.32 Å². The summed E-state index contributed by atoms with van der Waals surface area (Å²) in [5, 5.41) is 24.3. The van der Waals surface area contributed by atoms with Gasteiger partial charge in [0.15, 0.2) is 31.6 Å². The number of fused-ring (bicyclic) bond motifs is 1. The summed E-state index contributed by atoms with van der Waals surface area (Å²) in [7, 11) is -3.78. The Morgan fingerprint density at radius 1 is 1.09 bits per heavy atom. The van der Waals surface area contributed by atoms with Crippen LogP contribution in [0, 0.1) is 0 Å². The van der Waals surface area contributed by atoms with Gasteiger partial charge in [-0.15, -0.1) is 0 Å². The maximum absolute atomic E-state index is 10.6. The molecule has 6 N–H and O–H groups in total. The van der Waals surface area contributed by atoms with Gasteiger partial charge in [-0.3, -0.25) is 4.57 Å². The lowest BCUT2D eigenvalue weighted by atomic mass is 10.1. The largest absolute Gasteiger partial charge is 0.388 e. The number of nitrogens with zero attached hydrogens (tertiary/aromatic N) is 4. The van der Waals surface area contributed by atoms with Crippen LogP contribution in [0.3, 0.4) is 0 Å². The molecule has 0 amide bonds. The van der Waals surface area contributed by atoms with E-state index in [1.807, 2.05) is 30.3 Å². The van der Waals surface area contributed by atoms with Gasteiger partial charge in [-0.05, 0) is 29.7 Å². The highest BCUT2D eigenvalue weighted by Crippen LogP contribution is 2.44. The molecule has 1 saturated heterocycles. The molecule has 0 radical (unpaired) electrons. The molecular formula is C19H24ClN5O6P2. The monoisotopic (exact) mass is 515 g/mol. The van der Waals surface area contributed by atoms with Crippen LogP contribution in [-0.2, 0) is 11.3 Å². The molecule has 2 aromatic heterocycles. The van der Waals surface area contributed by atoms with E-state index < -0.39 is 41.1 Å². The minimum absolute atomic E-state index is 0.0141. The smallest absolute Gasteiger partial charge is 0.226 e. The zero-order valence-corrected chi connectivity index (χ0v) is 19.9. The summed E-state index contributed by atoms with van der Waals surface area (Å²) in [5.74, 6) is 0.340. The average Bonchev–Trinajstić information content (AvgIpc) is 3.32. The van der Waals surface area contributed by atoms with Crippen molar-refractivity contribution in [3.63, 3.8) is 0 Å². The Morgan fingerprint density at radius 2 is 1.85 bits per heavy atom. The van der Waals surface area contributed by atoms with Crippen molar-refractivity contribution in [1.29, 1.82) is 0 Å². The summed E-state index contributed by atoms with van der Waals surface area (Å²) >= 11 is 6.14. The third-order valence-corrected chi connectivity index (χ3v) is 8.53. The second-order valence-electron chi connectivity index (χ2n) is 7.58. The van der Waals surface area contributed by atoms with Gasteiger partial charge in [0.2, 0.25) is 5.28 Å². The maximum Gasteiger partial charge on any atom is 0.226 e. The number of aliphatic hydroxyl groups is 2. The first-order valence-corrected chi connectivity index (χ1v) is 13.6. The van der Waals surface area contributed by atoms with Crippen LogP contribution in [0.25, 0.3) is 11.2 Å². The van der Waals surface area contributed by atoms with Crippen molar-refractivity contribution in [3.05, 3.63) is 47.5 Å². The molecule has 3 aromatic rings. The molecule has 1 aliphatic heterocycles. The normalized spacial score (nSPS) is 24.0. The number of benzene rings is 1. The summed E-state index contributed by atoms with van der Waals surface area (Å²) in [6, 6.07) is 9.73. The van der Waals surface area contributed by atoms with Crippen LogP contribution >= 0.6 is 28.1 Å². The maximum atomic E-state index is 10.6. The number of ether oxygens (including phenoxy) is 1. The van der Waals surface area contributed by atoms with Crippen molar-refractivity contribution in [2.24, 2.45) is 0 Å². The fourth-order valence-electron chi connectivity index (χ4n) is 3.67. The molecule has 0 saturated carbocycles. The van der Waals surface area contributed by atoms with Crippen molar-refractivity contribution in [1.82, 2.24) is 19.5 Å². The summed E-state index contributed by atoms with van der Waals surface area (Å²) < 4.78 is 7.37. The molecule has 5 atom stereocenters. The van der Waals surface area contributed by atoms with Crippen LogP contribution in [0.5, 0.6) is 0 Å². The van der Waals surface area contributed by atoms with Gasteiger partial charge in [-0.1, -0.05) is 30.3 Å². The lowest BCUT2D eigenvalue weighted by molar-refractivity contribution is -0.0353. The summed E-state index contributed by atoms with van der Waals surface area (Å²) in [5.41, 5.74) is 1.81. The van der Waals surface area contributed by atoms with E-state index in [0.29, 0.717) is 23.5 Å². The van der Waals surface area contributed by atoms with E-state index in [4.69, 9.17) is 26.1 Å². The number of rotatable bonds is 9. The number of hydrogen-bond acceptors (Lipinski definition) is 10. The minimum atomic E-state index is -2.19. The van der Waals surface area contributed by atoms with E-state index in [-0.39, 0.29) is 23.8 Å². The molecule has 5 unspecified atom stereocenters. The molecule has 33 heavy (non-hydrogen) atoms. The van der Waals surface area contributed by atoms with Gasteiger partial charge in [0.1, 0.15) is 12.2 Å². The highest BCUT2D eigenvalue weighted by Gasteiger charge is 2.44. The van der Waals surface area contributed by atoms with Gasteiger partial charge >= 0.3 is 0 Å². The molecule has 178 valence electrons. The van der Waals surface area contributed by atoms with Crippen molar-refractivity contribution in [3.8, 4) is 0 Å². The Hall–Kier alpha value is -1.52. The molecule has 14 heteroatoms. The first-order valence-electron chi connectivity index (χ1n) is 10.1. The fourth-order valence-corrected chi connectivity index (χ4v) is 6.12. The van der Waals surface area contributed by atoms with Crippen molar-refractivity contribution in [2.75, 3.05) is 17.4 Å². The molecule has 1 aliphatic rings. The molecule has 3 heterocycles. The van der Waals surface area contributed by atoms with E-state index in [1.165, 1.54) is 10.9 Å². The predicted octanol–water partition coefficient (Wildman–Crippen LogP) is 1.74. The summed E-state index contributed by atoms with van der Waals surface area (Å²) in [6.07, 6.45) is -2.27. The Kier molecular flexibility index (Phi) is 8.07. The quantitative estimate of drug-likeness (QED) is 0.182. The number of halogens is 1. The first-order chi connectivity index (χ1) is 15.8. The van der Waals surface area contributed by atoms with Gasteiger partial charge in [0.05, 0.1) is 18.3 Å². The Bertz CT molecular complexity index is 1080. The van der Waals surface area contributed by atoms with Gasteiger partial charge in [0.25, 0.3) is 0 Å². The Morgan fingerprint density at radius 3 is 2.58 bits per heavy atom. The number of aliphatic hydroxyl groups excluding tert-OH is 2. The standard InChI is InChI=1S/C19H24ClN5O6P2/c20-19-23-16(21-8-11-4-2-1-3-5-11)13-17(24-19)25(9-22-13)18-15(27)14(26)12(31-18)6-7-32(28)10-33(29)30/h1-5,9,12,14-15,18,26-30H,6-8,10H2,(H,21,23,24). The highest BCUT2D eigenvalue weighted by atomic mass is 35.5. The Labute approximate surface area is 196 Å². The molecule has 0 bridgehead atoms. The highest BCUT2D eigenvalue weighted by molar-refractivity contribution is 7.66.